The van der Waals surface area contributed by atoms with Gasteiger partial charge in [0.05, 0.1) is 6.42 Å². The van der Waals surface area contributed by atoms with Gasteiger partial charge in [0.15, 0.2) is 0 Å². The Labute approximate surface area is 105 Å². The Kier molecular flexibility index (Phi) is 3.91. The lowest BCUT2D eigenvalue weighted by Gasteiger charge is -2.08. The quantitative estimate of drug-likeness (QED) is 0.477. The van der Waals surface area contributed by atoms with Gasteiger partial charge < -0.3 is 15.8 Å². The SMILES string of the molecule is COCCCSc1cc2c(cc1N)CC(=O)N2. The van der Waals surface area contributed by atoms with E-state index in [9.17, 15) is 4.79 Å². The minimum Gasteiger partial charge on any atom is -0.398 e. The van der Waals surface area contributed by atoms with Crippen LogP contribution in [0, 0.1) is 0 Å². The molecule has 92 valence electrons. The van der Waals surface area contributed by atoms with Crippen molar-refractivity contribution in [1.82, 2.24) is 0 Å². The molecule has 0 unspecified atom stereocenters. The molecule has 1 aromatic carbocycles. The molecule has 3 N–H and O–H groups in total. The molecule has 2 rings (SSSR count). The highest BCUT2D eigenvalue weighted by Crippen LogP contribution is 2.34. The number of ether oxygens (including phenoxy) is 1. The van der Waals surface area contributed by atoms with Crippen LogP contribution in [0.5, 0.6) is 0 Å². The average molecular weight is 252 g/mol. The lowest BCUT2D eigenvalue weighted by atomic mass is 10.1. The first kappa shape index (κ1) is 12.3. The monoisotopic (exact) mass is 252 g/mol. The molecule has 0 saturated heterocycles. The number of hydrogen-bond donors (Lipinski definition) is 2. The fraction of sp³-hybridized carbons (Fsp3) is 0.417. The smallest absolute Gasteiger partial charge is 0.228 e. The Morgan fingerprint density at radius 1 is 1.53 bits per heavy atom. The number of nitrogen functional groups attached to an aromatic ring is 1. The third kappa shape index (κ3) is 2.92. The van der Waals surface area contributed by atoms with Gasteiger partial charge in [0.2, 0.25) is 5.91 Å². The normalized spacial score (nSPS) is 13.6. The predicted molar refractivity (Wildman–Crippen MR) is 70.4 cm³/mol. The molecule has 0 spiro atoms. The van der Waals surface area contributed by atoms with Crippen LogP contribution in [0.4, 0.5) is 11.4 Å². The van der Waals surface area contributed by atoms with Crippen LogP contribution >= 0.6 is 11.8 Å². The Bertz CT molecular complexity index is 435. The molecule has 4 nitrogen and oxygen atoms in total. The summed E-state index contributed by atoms with van der Waals surface area (Å²) in [5.41, 5.74) is 8.61. The van der Waals surface area contributed by atoms with E-state index in [1.54, 1.807) is 18.9 Å². The second-order valence-electron chi connectivity index (χ2n) is 3.97. The maximum absolute atomic E-state index is 11.2. The molecule has 0 fully saturated rings. The van der Waals surface area contributed by atoms with E-state index in [1.807, 2.05) is 12.1 Å². The van der Waals surface area contributed by atoms with E-state index in [2.05, 4.69) is 5.32 Å². The largest absolute Gasteiger partial charge is 0.398 e. The highest BCUT2D eigenvalue weighted by atomic mass is 32.2. The molecule has 5 heteroatoms. The zero-order valence-corrected chi connectivity index (χ0v) is 10.6. The molecule has 1 amide bonds. The van der Waals surface area contributed by atoms with Crippen molar-refractivity contribution in [2.24, 2.45) is 0 Å². The summed E-state index contributed by atoms with van der Waals surface area (Å²) in [4.78, 5) is 12.3. The number of fused-ring (bicyclic) bond motifs is 1. The number of anilines is 2. The Morgan fingerprint density at radius 3 is 3.12 bits per heavy atom. The van der Waals surface area contributed by atoms with Crippen molar-refractivity contribution in [1.29, 1.82) is 0 Å². The molecule has 1 aliphatic heterocycles. The Morgan fingerprint density at radius 2 is 2.35 bits per heavy atom. The highest BCUT2D eigenvalue weighted by Gasteiger charge is 2.19. The topological polar surface area (TPSA) is 64.3 Å². The number of amides is 1. The van der Waals surface area contributed by atoms with Crippen molar-refractivity contribution >= 4 is 29.0 Å². The number of benzene rings is 1. The summed E-state index contributed by atoms with van der Waals surface area (Å²) in [5, 5.41) is 2.83. The van der Waals surface area contributed by atoms with Crippen LogP contribution in [0.1, 0.15) is 12.0 Å². The first-order chi connectivity index (χ1) is 8.20. The van der Waals surface area contributed by atoms with Gasteiger partial charge >= 0.3 is 0 Å². The first-order valence-corrected chi connectivity index (χ1v) is 6.53. The zero-order valence-electron chi connectivity index (χ0n) is 9.79. The fourth-order valence-corrected chi connectivity index (χ4v) is 2.69. The number of methoxy groups -OCH3 is 1. The minimum absolute atomic E-state index is 0.0425. The summed E-state index contributed by atoms with van der Waals surface area (Å²) < 4.78 is 5.00. The molecule has 1 aliphatic rings. The van der Waals surface area contributed by atoms with Gasteiger partial charge in [-0.15, -0.1) is 11.8 Å². The summed E-state index contributed by atoms with van der Waals surface area (Å²) in [5.74, 6) is 1.01. The van der Waals surface area contributed by atoms with Crippen LogP contribution in [0.25, 0.3) is 0 Å². The van der Waals surface area contributed by atoms with Gasteiger partial charge in [-0.25, -0.2) is 0 Å². The summed E-state index contributed by atoms with van der Waals surface area (Å²) in [6.07, 6.45) is 1.43. The maximum Gasteiger partial charge on any atom is 0.228 e. The molecule has 0 atom stereocenters. The van der Waals surface area contributed by atoms with Crippen LogP contribution in [0.15, 0.2) is 17.0 Å². The molecular weight excluding hydrogens is 236 g/mol. The zero-order chi connectivity index (χ0) is 12.3. The van der Waals surface area contributed by atoms with Gasteiger partial charge in [0.25, 0.3) is 0 Å². The number of thioether (sulfide) groups is 1. The molecule has 17 heavy (non-hydrogen) atoms. The van der Waals surface area contributed by atoms with Gasteiger partial charge in [-0.1, -0.05) is 0 Å². The highest BCUT2D eigenvalue weighted by molar-refractivity contribution is 7.99. The number of nitrogens with one attached hydrogen (secondary N) is 1. The van der Waals surface area contributed by atoms with Gasteiger partial charge in [-0.2, -0.15) is 0 Å². The number of nitrogens with two attached hydrogens (primary N) is 1. The van der Waals surface area contributed by atoms with Crippen LogP contribution < -0.4 is 11.1 Å². The molecule has 0 saturated carbocycles. The van der Waals surface area contributed by atoms with Gasteiger partial charge in [0.1, 0.15) is 0 Å². The molecule has 1 heterocycles. The van der Waals surface area contributed by atoms with Crippen molar-refractivity contribution < 1.29 is 9.53 Å². The van der Waals surface area contributed by atoms with E-state index in [-0.39, 0.29) is 5.91 Å². The summed E-state index contributed by atoms with van der Waals surface area (Å²) in [7, 11) is 1.70. The standard InChI is InChI=1S/C12H16N2O2S/c1-16-3-2-4-17-11-7-10-8(5-9(11)13)6-12(15)14-10/h5,7H,2-4,6,13H2,1H3,(H,14,15). The van der Waals surface area contributed by atoms with Crippen LogP contribution in [-0.2, 0) is 16.0 Å². The lowest BCUT2D eigenvalue weighted by Crippen LogP contribution is -2.03. The Hall–Kier alpha value is -1.20. The molecule has 0 radical (unpaired) electrons. The molecule has 0 aromatic heterocycles. The van der Waals surface area contributed by atoms with Gasteiger partial charge in [-0.3, -0.25) is 4.79 Å². The van der Waals surface area contributed by atoms with Gasteiger partial charge in [0, 0.05) is 35.7 Å². The average Bonchev–Trinajstić information content (AvgIpc) is 2.63. The van der Waals surface area contributed by atoms with Crippen LogP contribution in [0.3, 0.4) is 0 Å². The van der Waals surface area contributed by atoms with Crippen molar-refractivity contribution in [3.8, 4) is 0 Å². The summed E-state index contributed by atoms with van der Waals surface area (Å²) in [6.45, 7) is 0.759. The van der Waals surface area contributed by atoms with E-state index in [0.29, 0.717) is 6.42 Å². The molecule has 0 aliphatic carbocycles. The molecule has 1 aromatic rings. The van der Waals surface area contributed by atoms with E-state index >= 15 is 0 Å². The van der Waals surface area contributed by atoms with Crippen LogP contribution in [0.2, 0.25) is 0 Å². The number of rotatable bonds is 5. The van der Waals surface area contributed by atoms with E-state index in [0.717, 1.165) is 40.6 Å². The third-order valence-corrected chi connectivity index (χ3v) is 3.77. The lowest BCUT2D eigenvalue weighted by molar-refractivity contribution is -0.115. The number of carbonyl (C=O) groups is 1. The third-order valence-electron chi connectivity index (χ3n) is 2.61. The summed E-state index contributed by atoms with van der Waals surface area (Å²) >= 11 is 1.70. The van der Waals surface area contributed by atoms with E-state index < -0.39 is 0 Å². The van der Waals surface area contributed by atoms with E-state index in [1.165, 1.54) is 0 Å². The second-order valence-corrected chi connectivity index (χ2v) is 5.10. The van der Waals surface area contributed by atoms with Crippen molar-refractivity contribution in [3.05, 3.63) is 17.7 Å². The van der Waals surface area contributed by atoms with E-state index in [4.69, 9.17) is 10.5 Å². The number of hydrogen-bond acceptors (Lipinski definition) is 4. The van der Waals surface area contributed by atoms with Crippen molar-refractivity contribution in [3.63, 3.8) is 0 Å². The second kappa shape index (κ2) is 5.42. The van der Waals surface area contributed by atoms with Gasteiger partial charge in [-0.05, 0) is 24.1 Å². The van der Waals surface area contributed by atoms with Crippen LogP contribution in [-0.4, -0.2) is 25.4 Å². The molecule has 0 bridgehead atoms. The fourth-order valence-electron chi connectivity index (χ4n) is 1.78. The minimum atomic E-state index is 0.0425. The predicted octanol–water partition coefficient (Wildman–Crippen LogP) is 1.89. The van der Waals surface area contributed by atoms with Crippen molar-refractivity contribution in [2.45, 2.75) is 17.7 Å². The number of carbonyl (C=O) groups excluding carboxylic acids is 1. The first-order valence-electron chi connectivity index (χ1n) is 5.54. The molecular formula is C12H16N2O2S. The maximum atomic E-state index is 11.2. The Balaban J connectivity index is 2.03. The van der Waals surface area contributed by atoms with Crippen molar-refractivity contribution in [2.75, 3.05) is 30.5 Å². The summed E-state index contributed by atoms with van der Waals surface area (Å²) in [6, 6.07) is 3.86.